The van der Waals surface area contributed by atoms with E-state index >= 15 is 0 Å². The zero-order valence-electron chi connectivity index (χ0n) is 65.0. The van der Waals surface area contributed by atoms with Crippen LogP contribution in [0, 0.1) is 0 Å². The third-order valence-corrected chi connectivity index (χ3v) is 18.9. The van der Waals surface area contributed by atoms with E-state index in [1.54, 1.807) is 0 Å². The van der Waals surface area contributed by atoms with E-state index in [4.69, 9.17) is 18.9 Å². The van der Waals surface area contributed by atoms with Gasteiger partial charge in [0.25, 0.3) is 0 Å². The van der Waals surface area contributed by atoms with Crippen LogP contribution in [0.15, 0.2) is 72.9 Å². The van der Waals surface area contributed by atoms with E-state index in [0.29, 0.717) is 17.4 Å². The van der Waals surface area contributed by atoms with Crippen LogP contribution in [0.5, 0.6) is 0 Å². The Bertz CT molecular complexity index is 1830. The first-order valence-corrected chi connectivity index (χ1v) is 42.1. The fraction of sp³-hybridized carbons (Fsp3) is 0.830. The SMILES string of the molecule is CCCCCCC/C=C\C/C=C\C/C=C\CCCCCCCCCCCCCCCCCCCCCCCCCCCCC(=O)OC(COC(=O)CCCCCCCCCCCCCCCCCC/C=C\C/C=C\C/C=C\CCCCCCC)COC(OCC[N+](C)(C)C)C(=O)[O-]. The second-order valence-corrected chi connectivity index (χ2v) is 29.8. The lowest BCUT2D eigenvalue weighted by atomic mass is 10.0. The molecule has 0 amide bonds. The molecule has 0 aromatic rings. The number of esters is 2. The van der Waals surface area contributed by atoms with E-state index in [0.717, 1.165) is 64.2 Å². The number of aliphatic carboxylic acids is 1. The number of ether oxygens (including phenoxy) is 4. The molecule has 0 aliphatic carbocycles. The van der Waals surface area contributed by atoms with Crippen LogP contribution in [-0.2, 0) is 33.3 Å². The van der Waals surface area contributed by atoms with E-state index < -0.39 is 24.3 Å². The van der Waals surface area contributed by atoms with Gasteiger partial charge in [0.2, 0.25) is 0 Å². The minimum atomic E-state index is -1.62. The van der Waals surface area contributed by atoms with E-state index in [9.17, 15) is 19.5 Å². The predicted molar refractivity (Wildman–Crippen MR) is 417 cm³/mol. The average molecular weight is 1360 g/mol. The minimum Gasteiger partial charge on any atom is -0.545 e. The number of carboxylic acids is 1. The molecule has 0 aliphatic rings. The quantitative estimate of drug-likeness (QED) is 0.0195. The molecule has 0 aromatic heterocycles. The zero-order valence-corrected chi connectivity index (χ0v) is 65.0. The Balaban J connectivity index is 3.95. The summed E-state index contributed by atoms with van der Waals surface area (Å²) in [4.78, 5) is 37.6. The molecule has 97 heavy (non-hydrogen) atoms. The number of rotatable bonds is 79. The number of quaternary nitrogens is 1. The summed E-state index contributed by atoms with van der Waals surface area (Å²) in [5, 5.41) is 11.9. The standard InChI is InChI=1S/C88H161NO8/c1-6-8-10-12-14-16-18-20-22-24-26-28-30-32-34-36-38-39-40-41-42-43-44-45-46-47-49-51-53-55-57-59-61-63-65-67-69-71-73-75-77-79-86(91)97-84(83-96-88(87(92)93)94-81-80-89(3,4)5)82-95-85(90)78-76-74-72-70-68-66-64-62-60-58-56-54-52-50-48-37-35-33-31-29-27-25-23-21-19-17-15-13-11-9-7-2/h18-21,24-27,30-33,84,88H,6-17,22-23,28-29,34-83H2,1-5H3/b20-18-,21-19-,26-24-,27-25-,32-30-,33-31-. The van der Waals surface area contributed by atoms with E-state index in [1.807, 2.05) is 21.1 Å². The number of likely N-dealkylation sites (N-methyl/N-ethyl adjacent to an activating group) is 1. The Morgan fingerprint density at radius 3 is 0.825 bits per heavy atom. The number of carboxylic acid groups (broad SMARTS) is 1. The Hall–Kier alpha value is -3.27. The Kier molecular flexibility index (Phi) is 75.8. The second-order valence-electron chi connectivity index (χ2n) is 29.8. The summed E-state index contributed by atoms with van der Waals surface area (Å²) in [7, 11) is 5.95. The van der Waals surface area contributed by atoms with Crippen LogP contribution in [0.3, 0.4) is 0 Å². The molecule has 2 atom stereocenters. The smallest absolute Gasteiger partial charge is 0.306 e. The van der Waals surface area contributed by atoms with E-state index in [1.165, 1.54) is 321 Å². The van der Waals surface area contributed by atoms with Gasteiger partial charge in [-0.15, -0.1) is 0 Å². The second kappa shape index (κ2) is 78.4. The van der Waals surface area contributed by atoms with Crippen LogP contribution in [0.4, 0.5) is 0 Å². The summed E-state index contributed by atoms with van der Waals surface area (Å²) >= 11 is 0. The van der Waals surface area contributed by atoms with Gasteiger partial charge in [0, 0.05) is 12.8 Å². The van der Waals surface area contributed by atoms with Crippen molar-refractivity contribution in [3.63, 3.8) is 0 Å². The number of allylic oxidation sites excluding steroid dienone is 12. The van der Waals surface area contributed by atoms with Crippen LogP contribution in [0.25, 0.3) is 0 Å². The maximum absolute atomic E-state index is 13.0. The van der Waals surface area contributed by atoms with Crippen molar-refractivity contribution >= 4 is 17.9 Å². The molecule has 0 aliphatic heterocycles. The van der Waals surface area contributed by atoms with Gasteiger partial charge in [-0.05, 0) is 89.9 Å². The molecule has 0 rings (SSSR count). The van der Waals surface area contributed by atoms with Crippen LogP contribution in [-0.4, -0.2) is 82.3 Å². The molecule has 0 heterocycles. The first-order chi connectivity index (χ1) is 47.6. The molecule has 0 aromatic carbocycles. The summed E-state index contributed by atoms with van der Waals surface area (Å²) < 4.78 is 22.9. The molecule has 0 fully saturated rings. The normalized spacial score (nSPS) is 13.0. The predicted octanol–water partition coefficient (Wildman–Crippen LogP) is 25.8. The maximum atomic E-state index is 13.0. The van der Waals surface area contributed by atoms with Gasteiger partial charge in [-0.2, -0.15) is 0 Å². The molecule has 9 nitrogen and oxygen atoms in total. The highest BCUT2D eigenvalue weighted by atomic mass is 16.7. The highest BCUT2D eigenvalue weighted by molar-refractivity contribution is 5.70. The topological polar surface area (TPSA) is 111 Å². The van der Waals surface area contributed by atoms with Crippen molar-refractivity contribution in [2.45, 2.75) is 424 Å². The van der Waals surface area contributed by atoms with Gasteiger partial charge in [0.1, 0.15) is 13.2 Å². The van der Waals surface area contributed by atoms with Gasteiger partial charge in [-0.1, -0.05) is 382 Å². The van der Waals surface area contributed by atoms with Gasteiger partial charge in [-0.3, -0.25) is 9.59 Å². The number of hydrogen-bond acceptors (Lipinski definition) is 8. The van der Waals surface area contributed by atoms with Crippen molar-refractivity contribution in [2.24, 2.45) is 0 Å². The monoisotopic (exact) mass is 1360 g/mol. The molecule has 566 valence electrons. The third-order valence-electron chi connectivity index (χ3n) is 18.9. The maximum Gasteiger partial charge on any atom is 0.306 e. The van der Waals surface area contributed by atoms with Crippen molar-refractivity contribution in [3.05, 3.63) is 72.9 Å². The fourth-order valence-electron chi connectivity index (χ4n) is 12.5. The highest BCUT2D eigenvalue weighted by Crippen LogP contribution is 2.20. The largest absolute Gasteiger partial charge is 0.545 e. The minimum absolute atomic E-state index is 0.149. The molecule has 0 N–H and O–H groups in total. The Morgan fingerprint density at radius 1 is 0.309 bits per heavy atom. The summed E-state index contributed by atoms with van der Waals surface area (Å²) in [5.41, 5.74) is 0. The van der Waals surface area contributed by atoms with Gasteiger partial charge >= 0.3 is 11.9 Å². The molecule has 0 saturated carbocycles. The molecular formula is C88H161NO8. The van der Waals surface area contributed by atoms with Crippen molar-refractivity contribution in [3.8, 4) is 0 Å². The van der Waals surface area contributed by atoms with Crippen molar-refractivity contribution in [2.75, 3.05) is 47.5 Å². The lowest BCUT2D eigenvalue weighted by molar-refractivity contribution is -0.870. The molecule has 0 spiro atoms. The van der Waals surface area contributed by atoms with Crippen LogP contribution in [0.2, 0.25) is 0 Å². The summed E-state index contributed by atoms with van der Waals surface area (Å²) in [6, 6.07) is 0. The molecule has 0 saturated heterocycles. The van der Waals surface area contributed by atoms with Crippen LogP contribution < -0.4 is 5.11 Å². The first-order valence-electron chi connectivity index (χ1n) is 42.1. The number of nitrogens with zero attached hydrogens (tertiary/aromatic N) is 1. The Morgan fingerprint density at radius 2 is 0.557 bits per heavy atom. The number of hydrogen-bond donors (Lipinski definition) is 0. The first kappa shape index (κ1) is 93.7. The van der Waals surface area contributed by atoms with Crippen molar-refractivity contribution in [1.82, 2.24) is 0 Å². The Labute approximate surface area is 602 Å². The molecule has 0 radical (unpaired) electrons. The molecule has 9 heteroatoms. The van der Waals surface area contributed by atoms with E-state index in [2.05, 4.69) is 86.8 Å². The zero-order chi connectivity index (χ0) is 70.4. The summed E-state index contributed by atoms with van der Waals surface area (Å²) in [6.07, 6.45) is 103. The third kappa shape index (κ3) is 79.9. The fourth-order valence-corrected chi connectivity index (χ4v) is 12.5. The van der Waals surface area contributed by atoms with Crippen LogP contribution >= 0.6 is 0 Å². The number of carbonyl (C=O) groups excluding carboxylic acids is 3. The van der Waals surface area contributed by atoms with Crippen molar-refractivity contribution in [1.29, 1.82) is 0 Å². The van der Waals surface area contributed by atoms with Gasteiger partial charge in [-0.25, -0.2) is 0 Å². The van der Waals surface area contributed by atoms with Gasteiger partial charge in [0.05, 0.1) is 40.3 Å². The lowest BCUT2D eigenvalue weighted by Gasteiger charge is -2.26. The number of unbranched alkanes of at least 4 members (excludes halogenated alkanes) is 52. The summed E-state index contributed by atoms with van der Waals surface area (Å²) in [5.74, 6) is -2.26. The van der Waals surface area contributed by atoms with Crippen molar-refractivity contribution < 1.29 is 42.9 Å². The lowest BCUT2D eigenvalue weighted by Crippen LogP contribution is -2.44. The van der Waals surface area contributed by atoms with Gasteiger partial charge in [0.15, 0.2) is 12.4 Å². The molecule has 2 unspecified atom stereocenters. The highest BCUT2D eigenvalue weighted by Gasteiger charge is 2.22. The molecular weight excluding hydrogens is 1200 g/mol. The van der Waals surface area contributed by atoms with E-state index in [-0.39, 0.29) is 32.2 Å². The summed E-state index contributed by atoms with van der Waals surface area (Å²) in [6.45, 7) is 4.79. The average Bonchev–Trinajstić information content (AvgIpc) is 3.27. The van der Waals surface area contributed by atoms with Crippen LogP contribution in [0.1, 0.15) is 412 Å². The van der Waals surface area contributed by atoms with Gasteiger partial charge < -0.3 is 33.3 Å². The number of carbonyl (C=O) groups is 3. The molecule has 0 bridgehead atoms.